The molecule has 3 heterocycles. The van der Waals surface area contributed by atoms with Gasteiger partial charge in [0.2, 0.25) is 0 Å². The molecule has 0 aliphatic rings. The summed E-state index contributed by atoms with van der Waals surface area (Å²) in [4.78, 5) is 4.53. The fourth-order valence-electron chi connectivity index (χ4n) is 4.62. The minimum atomic E-state index is -2.16. The third kappa shape index (κ3) is 2.45. The van der Waals surface area contributed by atoms with Gasteiger partial charge in [0.15, 0.2) is 0 Å². The average molecular weight is 435 g/mol. The van der Waals surface area contributed by atoms with Crippen molar-refractivity contribution in [3.63, 3.8) is 0 Å². The van der Waals surface area contributed by atoms with Crippen LogP contribution in [0.1, 0.15) is 9.68 Å². The molecule has 3 aromatic heterocycles. The second-order valence-corrected chi connectivity index (χ2v) is 9.86. The summed E-state index contributed by atoms with van der Waals surface area (Å²) < 4.78 is 28.4. The molecule has 0 radical (unpaired) electrons. The van der Waals surface area contributed by atoms with Gasteiger partial charge in [0.25, 0.3) is 0 Å². The highest BCUT2D eigenvalue weighted by atomic mass is 32.1. The zero-order valence-corrected chi connectivity index (χ0v) is 18.0. The van der Waals surface area contributed by atoms with Crippen molar-refractivity contribution in [1.82, 2.24) is 4.98 Å². The predicted molar refractivity (Wildman–Crippen MR) is 138 cm³/mol. The SMILES string of the molecule is [2H]C([2H])([2H])c1ccnc(-c2cccc3c2sc2c3ccc3c2ccc2c4ccccc4sc23)c1. The number of rotatable bonds is 1. The smallest absolute Gasteiger partial charge is 0.0719 e. The van der Waals surface area contributed by atoms with Gasteiger partial charge in [-0.15, -0.1) is 22.7 Å². The Kier molecular flexibility index (Phi) is 3.02. The Morgan fingerprint density at radius 3 is 2.13 bits per heavy atom. The molecule has 0 unspecified atom stereocenters. The largest absolute Gasteiger partial charge is 0.256 e. The summed E-state index contributed by atoms with van der Waals surface area (Å²) in [6, 6.07) is 27.1. The number of pyridine rings is 1. The molecule has 7 aromatic rings. The maximum Gasteiger partial charge on any atom is 0.0719 e. The normalized spacial score (nSPS) is 13.9. The van der Waals surface area contributed by atoms with Crippen LogP contribution in [-0.2, 0) is 0 Å². The number of fused-ring (bicyclic) bond motifs is 9. The van der Waals surface area contributed by atoms with Crippen molar-refractivity contribution < 1.29 is 4.11 Å². The first-order chi connectivity index (χ1) is 16.5. The third-order valence-electron chi connectivity index (χ3n) is 6.04. The van der Waals surface area contributed by atoms with Gasteiger partial charge in [-0.05, 0) is 30.6 Å². The fraction of sp³-hybridized carbons (Fsp3) is 0.0357. The van der Waals surface area contributed by atoms with Crippen LogP contribution in [0.3, 0.4) is 0 Å². The predicted octanol–water partition coefficient (Wildman–Crippen LogP) is 8.95. The van der Waals surface area contributed by atoms with Crippen LogP contribution in [0.2, 0.25) is 0 Å². The lowest BCUT2D eigenvalue weighted by molar-refractivity contribution is 1.29. The summed E-state index contributed by atoms with van der Waals surface area (Å²) in [6.45, 7) is -2.16. The van der Waals surface area contributed by atoms with E-state index in [4.69, 9.17) is 4.11 Å². The quantitative estimate of drug-likeness (QED) is 0.251. The van der Waals surface area contributed by atoms with E-state index in [-0.39, 0.29) is 0 Å². The van der Waals surface area contributed by atoms with E-state index in [0.717, 1.165) is 10.3 Å². The molecule has 0 saturated carbocycles. The number of nitrogens with zero attached hydrogens (tertiary/aromatic N) is 1. The molecule has 3 heteroatoms. The first kappa shape index (κ1) is 14.7. The summed E-state index contributed by atoms with van der Waals surface area (Å²) in [5.41, 5.74) is 1.98. The molecule has 0 spiro atoms. The molecular weight excluding hydrogens is 414 g/mol. The van der Waals surface area contributed by atoms with Gasteiger partial charge in [-0.2, -0.15) is 0 Å². The van der Waals surface area contributed by atoms with Crippen molar-refractivity contribution in [2.24, 2.45) is 0 Å². The third-order valence-corrected chi connectivity index (χ3v) is 8.54. The lowest BCUT2D eigenvalue weighted by atomic mass is 10.0. The summed E-state index contributed by atoms with van der Waals surface area (Å²) in [6.07, 6.45) is 1.59. The molecule has 0 saturated heterocycles. The topological polar surface area (TPSA) is 12.9 Å². The Hall–Kier alpha value is -3.27. The van der Waals surface area contributed by atoms with Gasteiger partial charge in [-0.25, -0.2) is 0 Å². The summed E-state index contributed by atoms with van der Waals surface area (Å²) in [7, 11) is 0. The van der Waals surface area contributed by atoms with Crippen LogP contribution in [-0.4, -0.2) is 4.98 Å². The van der Waals surface area contributed by atoms with Crippen molar-refractivity contribution in [2.75, 3.05) is 0 Å². The molecule has 0 amide bonds. The van der Waals surface area contributed by atoms with Crippen LogP contribution in [0.25, 0.3) is 62.4 Å². The minimum Gasteiger partial charge on any atom is -0.256 e. The second kappa shape index (κ2) is 6.36. The first-order valence-electron chi connectivity index (χ1n) is 11.6. The summed E-state index contributed by atoms with van der Waals surface area (Å²) >= 11 is 3.62. The fourth-order valence-corrected chi connectivity index (χ4v) is 7.20. The maximum absolute atomic E-state index is 7.79. The number of benzene rings is 4. The van der Waals surface area contributed by atoms with Crippen molar-refractivity contribution in [1.29, 1.82) is 0 Å². The maximum atomic E-state index is 7.79. The highest BCUT2D eigenvalue weighted by Gasteiger charge is 2.15. The van der Waals surface area contributed by atoms with E-state index in [1.54, 1.807) is 29.7 Å². The molecular formula is C28H17NS2. The Balaban J connectivity index is 1.53. The molecule has 7 rings (SSSR count). The number of hydrogen-bond donors (Lipinski definition) is 0. The molecule has 0 aliphatic carbocycles. The number of aromatic nitrogens is 1. The van der Waals surface area contributed by atoms with Crippen molar-refractivity contribution >= 4 is 73.8 Å². The minimum absolute atomic E-state index is 0.313. The van der Waals surface area contributed by atoms with Gasteiger partial charge >= 0.3 is 0 Å². The lowest BCUT2D eigenvalue weighted by Crippen LogP contribution is -1.84. The Morgan fingerprint density at radius 2 is 1.32 bits per heavy atom. The Bertz CT molecular complexity index is 1910. The molecule has 1 nitrogen and oxygen atoms in total. The second-order valence-electron chi connectivity index (χ2n) is 7.79. The van der Waals surface area contributed by atoms with Crippen LogP contribution in [0.5, 0.6) is 0 Å². The Morgan fingerprint density at radius 1 is 0.645 bits per heavy atom. The average Bonchev–Trinajstić information content (AvgIpc) is 3.42. The molecule has 0 aliphatic heterocycles. The van der Waals surface area contributed by atoms with Crippen molar-refractivity contribution in [3.8, 4) is 11.3 Å². The van der Waals surface area contributed by atoms with Crippen LogP contribution in [0.15, 0.2) is 85.1 Å². The van der Waals surface area contributed by atoms with Crippen LogP contribution >= 0.6 is 22.7 Å². The molecule has 4 aromatic carbocycles. The van der Waals surface area contributed by atoms with E-state index < -0.39 is 6.85 Å². The van der Waals surface area contributed by atoms with Gasteiger partial charge in [0.1, 0.15) is 0 Å². The molecule has 0 fully saturated rings. The zero-order chi connectivity index (χ0) is 23.0. The molecule has 146 valence electrons. The van der Waals surface area contributed by atoms with Gasteiger partial charge < -0.3 is 0 Å². The van der Waals surface area contributed by atoms with Gasteiger partial charge in [-0.1, -0.05) is 60.7 Å². The Labute approximate surface area is 191 Å². The van der Waals surface area contributed by atoms with Crippen LogP contribution in [0.4, 0.5) is 0 Å². The number of aryl methyl sites for hydroxylation is 1. The van der Waals surface area contributed by atoms with Crippen LogP contribution in [0, 0.1) is 6.85 Å². The highest BCUT2D eigenvalue weighted by Crippen LogP contribution is 2.45. The monoisotopic (exact) mass is 434 g/mol. The number of hydrogen-bond acceptors (Lipinski definition) is 3. The van der Waals surface area contributed by atoms with Gasteiger partial charge in [0, 0.05) is 67.0 Å². The molecule has 0 atom stereocenters. The number of thiophene rings is 2. The van der Waals surface area contributed by atoms with E-state index in [9.17, 15) is 0 Å². The van der Waals surface area contributed by atoms with Crippen molar-refractivity contribution in [3.05, 3.63) is 90.6 Å². The summed E-state index contributed by atoms with van der Waals surface area (Å²) in [5.74, 6) is 0. The highest BCUT2D eigenvalue weighted by molar-refractivity contribution is 7.28. The van der Waals surface area contributed by atoms with Gasteiger partial charge in [-0.3, -0.25) is 4.98 Å². The van der Waals surface area contributed by atoms with E-state index in [1.165, 1.54) is 46.4 Å². The van der Waals surface area contributed by atoms with Crippen LogP contribution < -0.4 is 0 Å². The van der Waals surface area contributed by atoms with E-state index in [1.807, 2.05) is 23.5 Å². The zero-order valence-electron chi connectivity index (χ0n) is 19.3. The lowest BCUT2D eigenvalue weighted by Gasteiger charge is -2.03. The molecule has 31 heavy (non-hydrogen) atoms. The first-order valence-corrected chi connectivity index (χ1v) is 11.8. The van der Waals surface area contributed by atoms with Gasteiger partial charge in [0.05, 0.1) is 5.69 Å². The molecule has 0 bridgehead atoms. The standard InChI is InChI=1S/C28H17NS2/c1-16-13-14-29-24(15-16)23-7-4-6-18-20-11-12-21-22(27(20)31-28(18)23)10-9-19-17-5-2-3-8-25(17)30-26(19)21/h2-15H,1H3/i1D3. The van der Waals surface area contributed by atoms with E-state index in [2.05, 4.69) is 59.6 Å². The van der Waals surface area contributed by atoms with Crippen molar-refractivity contribution in [2.45, 2.75) is 6.85 Å². The molecule has 0 N–H and O–H groups in total. The summed E-state index contributed by atoms with van der Waals surface area (Å²) in [5, 5.41) is 7.55. The van der Waals surface area contributed by atoms with E-state index >= 15 is 0 Å². The van der Waals surface area contributed by atoms with E-state index in [0.29, 0.717) is 11.3 Å².